The minimum Gasteiger partial charge on any atom is -0.388 e. The SMILES string of the molecule is CCc1cnccc1C(=O)NC(C)CC(O)c1ccccc1. The summed E-state index contributed by atoms with van der Waals surface area (Å²) >= 11 is 0. The number of hydrogen-bond acceptors (Lipinski definition) is 3. The number of aryl methyl sites for hydroxylation is 1. The van der Waals surface area contributed by atoms with Gasteiger partial charge in [0.2, 0.25) is 0 Å². The second-order valence-electron chi connectivity index (χ2n) is 5.42. The van der Waals surface area contributed by atoms with Crippen LogP contribution < -0.4 is 5.32 Å². The summed E-state index contributed by atoms with van der Waals surface area (Å²) in [7, 11) is 0. The maximum absolute atomic E-state index is 12.3. The monoisotopic (exact) mass is 298 g/mol. The molecule has 1 heterocycles. The Morgan fingerprint density at radius 2 is 2.00 bits per heavy atom. The third-order valence-corrected chi connectivity index (χ3v) is 3.67. The van der Waals surface area contributed by atoms with E-state index in [1.165, 1.54) is 0 Å². The molecule has 0 bridgehead atoms. The number of nitrogens with one attached hydrogen (secondary N) is 1. The number of amides is 1. The lowest BCUT2D eigenvalue weighted by Gasteiger charge is -2.19. The topological polar surface area (TPSA) is 62.2 Å². The Balaban J connectivity index is 1.97. The highest BCUT2D eigenvalue weighted by molar-refractivity contribution is 5.95. The Morgan fingerprint density at radius 3 is 2.68 bits per heavy atom. The fourth-order valence-corrected chi connectivity index (χ4v) is 2.44. The van der Waals surface area contributed by atoms with Crippen LogP contribution in [0.4, 0.5) is 0 Å². The average Bonchev–Trinajstić information content (AvgIpc) is 2.55. The molecule has 0 aliphatic carbocycles. The van der Waals surface area contributed by atoms with Crippen molar-refractivity contribution in [1.82, 2.24) is 10.3 Å². The molecule has 4 heteroatoms. The number of carbonyl (C=O) groups excluding carboxylic acids is 1. The number of pyridine rings is 1. The number of rotatable bonds is 6. The fourth-order valence-electron chi connectivity index (χ4n) is 2.44. The summed E-state index contributed by atoms with van der Waals surface area (Å²) in [4.78, 5) is 16.4. The number of aliphatic hydroxyl groups is 1. The summed E-state index contributed by atoms with van der Waals surface area (Å²) in [5.41, 5.74) is 2.44. The zero-order valence-corrected chi connectivity index (χ0v) is 13.0. The normalized spacial score (nSPS) is 13.4. The second kappa shape index (κ2) is 7.71. The van der Waals surface area contributed by atoms with Crippen molar-refractivity contribution in [3.63, 3.8) is 0 Å². The molecule has 0 radical (unpaired) electrons. The molecule has 1 aromatic heterocycles. The Kier molecular flexibility index (Phi) is 5.67. The third kappa shape index (κ3) is 4.15. The van der Waals surface area contributed by atoms with E-state index in [1.54, 1.807) is 18.5 Å². The lowest BCUT2D eigenvalue weighted by atomic mass is 10.0. The molecule has 0 aliphatic heterocycles. The van der Waals surface area contributed by atoms with Gasteiger partial charge in [-0.2, -0.15) is 0 Å². The lowest BCUT2D eigenvalue weighted by Crippen LogP contribution is -2.34. The molecule has 2 aromatic rings. The summed E-state index contributed by atoms with van der Waals surface area (Å²) in [6.07, 6.45) is 4.00. The number of benzene rings is 1. The van der Waals surface area contributed by atoms with Gasteiger partial charge in [-0.05, 0) is 37.0 Å². The average molecular weight is 298 g/mol. The highest BCUT2D eigenvalue weighted by Crippen LogP contribution is 2.18. The highest BCUT2D eigenvalue weighted by atomic mass is 16.3. The molecule has 0 saturated heterocycles. The summed E-state index contributed by atoms with van der Waals surface area (Å²) in [6.45, 7) is 3.90. The van der Waals surface area contributed by atoms with Crippen molar-refractivity contribution < 1.29 is 9.90 Å². The van der Waals surface area contributed by atoms with E-state index in [0.717, 1.165) is 17.5 Å². The van der Waals surface area contributed by atoms with Crippen molar-refractivity contribution in [3.8, 4) is 0 Å². The van der Waals surface area contributed by atoms with Crippen molar-refractivity contribution in [1.29, 1.82) is 0 Å². The molecular formula is C18H22N2O2. The van der Waals surface area contributed by atoms with E-state index in [1.807, 2.05) is 44.2 Å². The third-order valence-electron chi connectivity index (χ3n) is 3.67. The van der Waals surface area contributed by atoms with Gasteiger partial charge in [0.15, 0.2) is 0 Å². The summed E-state index contributed by atoms with van der Waals surface area (Å²) in [5, 5.41) is 13.2. The molecule has 0 spiro atoms. The van der Waals surface area contributed by atoms with Crippen molar-refractivity contribution in [2.45, 2.75) is 38.8 Å². The molecule has 116 valence electrons. The number of aliphatic hydroxyl groups excluding tert-OH is 1. The van der Waals surface area contributed by atoms with Crippen LogP contribution in [0, 0.1) is 0 Å². The predicted molar refractivity (Wildman–Crippen MR) is 86.6 cm³/mol. The molecule has 2 unspecified atom stereocenters. The number of aromatic nitrogens is 1. The molecule has 1 aromatic carbocycles. The van der Waals surface area contributed by atoms with Crippen LogP contribution in [-0.2, 0) is 6.42 Å². The van der Waals surface area contributed by atoms with Crippen molar-refractivity contribution in [2.75, 3.05) is 0 Å². The Morgan fingerprint density at radius 1 is 1.27 bits per heavy atom. The standard InChI is InChI=1S/C18H22N2O2/c1-3-14-12-19-10-9-16(14)18(22)20-13(2)11-17(21)15-7-5-4-6-8-15/h4-10,12-13,17,21H,3,11H2,1-2H3,(H,20,22). The molecule has 2 N–H and O–H groups in total. The van der Waals surface area contributed by atoms with Crippen LogP contribution in [-0.4, -0.2) is 22.0 Å². The number of carbonyl (C=O) groups is 1. The maximum atomic E-state index is 12.3. The van der Waals surface area contributed by atoms with Crippen LogP contribution in [0.3, 0.4) is 0 Å². The van der Waals surface area contributed by atoms with E-state index < -0.39 is 6.10 Å². The molecule has 4 nitrogen and oxygen atoms in total. The van der Waals surface area contributed by atoms with E-state index in [-0.39, 0.29) is 11.9 Å². The van der Waals surface area contributed by atoms with E-state index in [4.69, 9.17) is 0 Å². The van der Waals surface area contributed by atoms with Gasteiger partial charge >= 0.3 is 0 Å². The molecule has 22 heavy (non-hydrogen) atoms. The first-order valence-corrected chi connectivity index (χ1v) is 7.58. The van der Waals surface area contributed by atoms with Gasteiger partial charge in [0, 0.05) is 24.0 Å². The lowest BCUT2D eigenvalue weighted by molar-refractivity contribution is 0.0916. The molecule has 0 fully saturated rings. The van der Waals surface area contributed by atoms with Gasteiger partial charge in [0.1, 0.15) is 0 Å². The van der Waals surface area contributed by atoms with Gasteiger partial charge in [0.05, 0.1) is 6.10 Å². The molecule has 0 saturated carbocycles. The second-order valence-corrected chi connectivity index (χ2v) is 5.42. The van der Waals surface area contributed by atoms with Gasteiger partial charge in [-0.1, -0.05) is 37.3 Å². The number of nitrogens with zero attached hydrogens (tertiary/aromatic N) is 1. The van der Waals surface area contributed by atoms with Crippen LogP contribution in [0.1, 0.15) is 47.9 Å². The zero-order chi connectivity index (χ0) is 15.9. The van der Waals surface area contributed by atoms with Crippen LogP contribution >= 0.6 is 0 Å². The first kappa shape index (κ1) is 16.2. The van der Waals surface area contributed by atoms with Gasteiger partial charge < -0.3 is 10.4 Å². The van der Waals surface area contributed by atoms with Crippen LogP contribution in [0.2, 0.25) is 0 Å². The van der Waals surface area contributed by atoms with E-state index in [0.29, 0.717) is 12.0 Å². The van der Waals surface area contributed by atoms with Gasteiger partial charge in [-0.3, -0.25) is 9.78 Å². The molecule has 2 rings (SSSR count). The first-order valence-electron chi connectivity index (χ1n) is 7.58. The van der Waals surface area contributed by atoms with Crippen LogP contribution in [0.5, 0.6) is 0 Å². The van der Waals surface area contributed by atoms with E-state index >= 15 is 0 Å². The number of hydrogen-bond donors (Lipinski definition) is 2. The predicted octanol–water partition coefficient (Wildman–Crippen LogP) is 2.89. The molecule has 0 aliphatic rings. The minimum atomic E-state index is -0.584. The maximum Gasteiger partial charge on any atom is 0.251 e. The summed E-state index contributed by atoms with van der Waals surface area (Å²) in [6, 6.07) is 11.1. The first-order chi connectivity index (χ1) is 10.6. The smallest absolute Gasteiger partial charge is 0.251 e. The Bertz CT molecular complexity index is 613. The minimum absolute atomic E-state index is 0.119. The Labute approximate surface area is 131 Å². The van der Waals surface area contributed by atoms with Crippen molar-refractivity contribution in [2.24, 2.45) is 0 Å². The van der Waals surface area contributed by atoms with Gasteiger partial charge in [-0.15, -0.1) is 0 Å². The Hall–Kier alpha value is -2.20. The van der Waals surface area contributed by atoms with Crippen LogP contribution in [0.25, 0.3) is 0 Å². The summed E-state index contributed by atoms with van der Waals surface area (Å²) in [5.74, 6) is -0.119. The van der Waals surface area contributed by atoms with Crippen molar-refractivity contribution in [3.05, 3.63) is 65.5 Å². The van der Waals surface area contributed by atoms with Gasteiger partial charge in [-0.25, -0.2) is 0 Å². The molecular weight excluding hydrogens is 276 g/mol. The largest absolute Gasteiger partial charge is 0.388 e. The zero-order valence-electron chi connectivity index (χ0n) is 13.0. The van der Waals surface area contributed by atoms with Gasteiger partial charge in [0.25, 0.3) is 5.91 Å². The van der Waals surface area contributed by atoms with E-state index in [2.05, 4.69) is 10.3 Å². The summed E-state index contributed by atoms with van der Waals surface area (Å²) < 4.78 is 0. The van der Waals surface area contributed by atoms with Crippen molar-refractivity contribution >= 4 is 5.91 Å². The van der Waals surface area contributed by atoms with Crippen LogP contribution in [0.15, 0.2) is 48.8 Å². The molecule has 2 atom stereocenters. The quantitative estimate of drug-likeness (QED) is 0.862. The fraction of sp³-hybridized carbons (Fsp3) is 0.333. The highest BCUT2D eigenvalue weighted by Gasteiger charge is 2.16. The van der Waals surface area contributed by atoms with E-state index in [9.17, 15) is 9.90 Å². The molecule has 1 amide bonds.